The number of hydrogen-bond donors (Lipinski definition) is 5. The number of nitrogens with one attached hydrogen (secondary N) is 4. The van der Waals surface area contributed by atoms with Crippen molar-refractivity contribution in [2.45, 2.75) is 56.5 Å². The summed E-state index contributed by atoms with van der Waals surface area (Å²) in [5, 5.41) is 15.5. The number of anilines is 1. The van der Waals surface area contributed by atoms with Crippen molar-refractivity contribution in [2.24, 2.45) is 5.73 Å². The van der Waals surface area contributed by atoms with E-state index >= 15 is 0 Å². The van der Waals surface area contributed by atoms with Crippen LogP contribution in [0.4, 0.5) is 32.0 Å². The van der Waals surface area contributed by atoms with Crippen molar-refractivity contribution < 1.29 is 26.3 Å². The number of rotatable bonds is 3. The Morgan fingerprint density at radius 3 is 2.14 bits per heavy atom. The molecule has 5 nitrogen and oxygen atoms in total. The molecule has 2 rings (SSSR count). The third-order valence-electron chi connectivity index (χ3n) is 4.78. The van der Waals surface area contributed by atoms with E-state index < -0.39 is 34.7 Å². The van der Waals surface area contributed by atoms with Crippen molar-refractivity contribution >= 4 is 29.0 Å². The van der Waals surface area contributed by atoms with E-state index in [1.165, 1.54) is 0 Å². The molecule has 12 heteroatoms. The highest BCUT2D eigenvalue weighted by molar-refractivity contribution is 7.80. The molecule has 0 amide bonds. The summed E-state index contributed by atoms with van der Waals surface area (Å²) in [4.78, 5) is 0. The third kappa shape index (κ3) is 6.12. The van der Waals surface area contributed by atoms with Gasteiger partial charge in [-0.05, 0) is 50.2 Å². The van der Waals surface area contributed by atoms with Crippen LogP contribution < -0.4 is 21.7 Å². The minimum Gasteiger partial charge on any atom is -0.370 e. The van der Waals surface area contributed by atoms with Crippen molar-refractivity contribution in [3.05, 3.63) is 29.3 Å². The van der Waals surface area contributed by atoms with Crippen molar-refractivity contribution in [3.63, 3.8) is 0 Å². The Morgan fingerprint density at radius 1 is 1.10 bits per heavy atom. The molecule has 0 spiro atoms. The van der Waals surface area contributed by atoms with E-state index in [-0.39, 0.29) is 23.2 Å². The zero-order valence-electron chi connectivity index (χ0n) is 15.4. The molecule has 0 saturated heterocycles. The summed E-state index contributed by atoms with van der Waals surface area (Å²) in [7, 11) is 0. The molecule has 0 aliphatic heterocycles. The fourth-order valence-corrected chi connectivity index (χ4v) is 3.63. The van der Waals surface area contributed by atoms with Gasteiger partial charge in [0.25, 0.3) is 0 Å². The molecule has 1 fully saturated rings. The van der Waals surface area contributed by atoms with Gasteiger partial charge in [0.15, 0.2) is 11.1 Å². The van der Waals surface area contributed by atoms with Gasteiger partial charge >= 0.3 is 12.4 Å². The molecule has 6 N–H and O–H groups in total. The van der Waals surface area contributed by atoms with E-state index in [9.17, 15) is 26.3 Å². The van der Waals surface area contributed by atoms with Crippen LogP contribution in [-0.2, 0) is 12.4 Å². The molecule has 1 aromatic rings. The molecule has 0 radical (unpaired) electrons. The number of halogens is 6. The van der Waals surface area contributed by atoms with E-state index in [0.29, 0.717) is 25.0 Å². The minimum absolute atomic E-state index is 0.0522. The van der Waals surface area contributed by atoms with Crippen LogP contribution in [0.2, 0.25) is 0 Å². The summed E-state index contributed by atoms with van der Waals surface area (Å²) >= 11 is 5.11. The van der Waals surface area contributed by atoms with Crippen LogP contribution in [0.15, 0.2) is 18.2 Å². The van der Waals surface area contributed by atoms with Crippen LogP contribution in [0.5, 0.6) is 0 Å². The monoisotopic (exact) mass is 441 g/mol. The SMILES string of the molecule is C[C@]1(NC(=N)N)CCCC[C@H]1NC(=S)Nc1cc(C(F)(F)F)cc(C(F)(F)F)c1. The third-order valence-corrected chi connectivity index (χ3v) is 5.00. The Bertz CT molecular complexity index is 746. The minimum atomic E-state index is -4.94. The summed E-state index contributed by atoms with van der Waals surface area (Å²) in [6, 6.07) is 0.859. The molecule has 1 aromatic carbocycles. The first-order valence-electron chi connectivity index (χ1n) is 8.70. The molecule has 2 atom stereocenters. The van der Waals surface area contributed by atoms with Gasteiger partial charge < -0.3 is 21.7 Å². The van der Waals surface area contributed by atoms with Crippen LogP contribution in [0.25, 0.3) is 0 Å². The van der Waals surface area contributed by atoms with Gasteiger partial charge in [-0.2, -0.15) is 26.3 Å². The Hall–Kier alpha value is -2.24. The standard InChI is InChI=1S/C17H21F6N5S/c1-15(28-13(24)25)5-3-2-4-12(15)27-14(29)26-11-7-9(16(18,19)20)6-10(8-11)17(21,22)23/h6-8,12H,2-5H2,1H3,(H4,24,25,28)(H2,26,27,29)/t12-,15+/m1/s1. The summed E-state index contributed by atoms with van der Waals surface area (Å²) in [5.41, 5.74) is 1.49. The van der Waals surface area contributed by atoms with Crippen LogP contribution in [-0.4, -0.2) is 22.7 Å². The second-order valence-corrected chi connectivity index (χ2v) is 7.56. The van der Waals surface area contributed by atoms with E-state index in [4.69, 9.17) is 23.4 Å². The highest BCUT2D eigenvalue weighted by Gasteiger charge is 2.38. The van der Waals surface area contributed by atoms with Crippen LogP contribution in [0.3, 0.4) is 0 Å². The first kappa shape index (κ1) is 23.0. The van der Waals surface area contributed by atoms with Gasteiger partial charge in [-0.1, -0.05) is 12.8 Å². The number of hydrogen-bond acceptors (Lipinski definition) is 2. The first-order valence-corrected chi connectivity index (χ1v) is 9.11. The molecule has 1 saturated carbocycles. The van der Waals surface area contributed by atoms with Crippen molar-refractivity contribution in [1.82, 2.24) is 10.6 Å². The molecule has 0 aromatic heterocycles. The number of benzene rings is 1. The zero-order chi connectivity index (χ0) is 22.0. The highest BCUT2D eigenvalue weighted by atomic mass is 32.1. The Morgan fingerprint density at radius 2 is 1.66 bits per heavy atom. The topological polar surface area (TPSA) is 86.0 Å². The van der Waals surface area contributed by atoms with E-state index in [1.54, 1.807) is 0 Å². The quantitative estimate of drug-likeness (QED) is 0.210. The maximum Gasteiger partial charge on any atom is 0.416 e. The largest absolute Gasteiger partial charge is 0.416 e. The Labute approximate surface area is 168 Å². The lowest BCUT2D eigenvalue weighted by atomic mass is 9.79. The molecule has 162 valence electrons. The van der Waals surface area contributed by atoms with Crippen LogP contribution in [0.1, 0.15) is 43.7 Å². The molecular weight excluding hydrogens is 420 g/mol. The summed E-state index contributed by atoms with van der Waals surface area (Å²) in [6.07, 6.45) is -6.88. The fraction of sp³-hybridized carbons (Fsp3) is 0.529. The lowest BCUT2D eigenvalue weighted by molar-refractivity contribution is -0.143. The lowest BCUT2D eigenvalue weighted by Gasteiger charge is -2.43. The highest BCUT2D eigenvalue weighted by Crippen LogP contribution is 2.37. The van der Waals surface area contributed by atoms with Gasteiger partial charge in [-0.25, -0.2) is 0 Å². The molecule has 0 unspecified atom stereocenters. The molecule has 1 aliphatic rings. The summed E-state index contributed by atoms with van der Waals surface area (Å²) < 4.78 is 77.9. The second-order valence-electron chi connectivity index (χ2n) is 7.15. The maximum absolute atomic E-state index is 13.0. The summed E-state index contributed by atoms with van der Waals surface area (Å²) in [6.45, 7) is 1.82. The van der Waals surface area contributed by atoms with Gasteiger partial charge in [0.2, 0.25) is 0 Å². The predicted octanol–water partition coefficient (Wildman–Crippen LogP) is 4.19. The molecule has 1 aliphatic carbocycles. The normalized spacial score (nSPS) is 22.7. The Balaban J connectivity index is 2.22. The molecule has 29 heavy (non-hydrogen) atoms. The summed E-state index contributed by atoms with van der Waals surface area (Å²) in [5.74, 6) is -0.243. The van der Waals surface area contributed by atoms with Gasteiger partial charge in [-0.3, -0.25) is 5.41 Å². The Kier molecular flexibility index (Phi) is 6.55. The van der Waals surface area contributed by atoms with Crippen molar-refractivity contribution in [3.8, 4) is 0 Å². The second kappa shape index (κ2) is 8.25. The first-order chi connectivity index (χ1) is 13.2. The van der Waals surface area contributed by atoms with Crippen molar-refractivity contribution in [1.29, 1.82) is 5.41 Å². The smallest absolute Gasteiger partial charge is 0.370 e. The number of nitrogens with two attached hydrogens (primary N) is 1. The number of alkyl halides is 6. The average Bonchev–Trinajstić information content (AvgIpc) is 2.54. The van der Waals surface area contributed by atoms with Crippen LogP contribution in [0, 0.1) is 5.41 Å². The van der Waals surface area contributed by atoms with Crippen molar-refractivity contribution in [2.75, 3.05) is 5.32 Å². The maximum atomic E-state index is 13.0. The van der Waals surface area contributed by atoms with E-state index in [2.05, 4.69) is 16.0 Å². The number of guanidine groups is 1. The van der Waals surface area contributed by atoms with E-state index in [0.717, 1.165) is 12.8 Å². The number of thiocarbonyl (C=S) groups is 1. The molecule has 0 heterocycles. The molecular formula is C17H21F6N5S. The molecule has 0 bridgehead atoms. The van der Waals surface area contributed by atoms with Crippen LogP contribution >= 0.6 is 12.2 Å². The van der Waals surface area contributed by atoms with E-state index in [1.807, 2.05) is 6.92 Å². The predicted molar refractivity (Wildman–Crippen MR) is 102 cm³/mol. The fourth-order valence-electron chi connectivity index (χ4n) is 3.37. The van der Waals surface area contributed by atoms with Gasteiger partial charge in [0.05, 0.1) is 22.7 Å². The zero-order valence-corrected chi connectivity index (χ0v) is 16.2. The lowest BCUT2D eigenvalue weighted by Crippen LogP contribution is -2.63. The average molecular weight is 441 g/mol. The van der Waals surface area contributed by atoms with Gasteiger partial charge in [0.1, 0.15) is 0 Å². The van der Waals surface area contributed by atoms with Gasteiger partial charge in [0, 0.05) is 5.69 Å². The van der Waals surface area contributed by atoms with Gasteiger partial charge in [-0.15, -0.1) is 0 Å².